The first kappa shape index (κ1) is 22.3. The first-order valence-electron chi connectivity index (χ1n) is 10.6. The molecule has 170 valence electrons. The Morgan fingerprint density at radius 2 is 1.76 bits per heavy atom. The van der Waals surface area contributed by atoms with Gasteiger partial charge in [0.25, 0.3) is 5.56 Å². The van der Waals surface area contributed by atoms with Crippen LogP contribution in [-0.2, 0) is 19.6 Å². The van der Waals surface area contributed by atoms with Crippen molar-refractivity contribution in [1.82, 2.24) is 19.1 Å². The van der Waals surface area contributed by atoms with Crippen LogP contribution in [0.1, 0.15) is 16.8 Å². The monoisotopic (exact) mass is 489 g/mol. The summed E-state index contributed by atoms with van der Waals surface area (Å²) in [6.07, 6.45) is 5.08. The summed E-state index contributed by atoms with van der Waals surface area (Å²) in [5.74, 6) is 0. The zero-order valence-electron chi connectivity index (χ0n) is 18.5. The summed E-state index contributed by atoms with van der Waals surface area (Å²) < 4.78 is 3.49. The molecule has 1 unspecified atom stereocenters. The fourth-order valence-corrected chi connectivity index (χ4v) is 4.83. The van der Waals surface area contributed by atoms with Crippen LogP contribution in [-0.4, -0.2) is 19.1 Å². The SMILES string of the molecule is Cn1cncc1C(N)(c1ccc(Cl)nc1)c1cccc2c(-c3cccc(Cl)c3)cc(=O)n(C)c12. The van der Waals surface area contributed by atoms with E-state index in [2.05, 4.69) is 9.97 Å². The van der Waals surface area contributed by atoms with Crippen molar-refractivity contribution in [3.63, 3.8) is 0 Å². The van der Waals surface area contributed by atoms with E-state index >= 15 is 0 Å². The summed E-state index contributed by atoms with van der Waals surface area (Å²) in [7, 11) is 3.63. The minimum Gasteiger partial charge on any atom is -0.336 e. The molecule has 2 aromatic carbocycles. The quantitative estimate of drug-likeness (QED) is 0.364. The molecular weight excluding hydrogens is 469 g/mol. The molecule has 0 aliphatic heterocycles. The van der Waals surface area contributed by atoms with E-state index in [0.717, 1.165) is 27.8 Å². The fraction of sp³-hybridized carbons (Fsp3) is 0.115. The highest BCUT2D eigenvalue weighted by Crippen LogP contribution is 2.39. The maximum Gasteiger partial charge on any atom is 0.251 e. The number of imidazole rings is 1. The smallest absolute Gasteiger partial charge is 0.251 e. The van der Waals surface area contributed by atoms with Crippen molar-refractivity contribution >= 4 is 34.1 Å². The number of aryl methyl sites for hydroxylation is 2. The molecule has 8 heteroatoms. The lowest BCUT2D eigenvalue weighted by Crippen LogP contribution is -2.42. The van der Waals surface area contributed by atoms with Gasteiger partial charge in [0.15, 0.2) is 0 Å². The molecule has 5 aromatic rings. The summed E-state index contributed by atoms with van der Waals surface area (Å²) in [5, 5.41) is 1.84. The molecule has 0 amide bonds. The second-order valence-electron chi connectivity index (χ2n) is 8.23. The highest BCUT2D eigenvalue weighted by atomic mass is 35.5. The van der Waals surface area contributed by atoms with E-state index in [-0.39, 0.29) is 5.56 Å². The summed E-state index contributed by atoms with van der Waals surface area (Å²) in [6.45, 7) is 0. The van der Waals surface area contributed by atoms with Gasteiger partial charge < -0.3 is 14.9 Å². The summed E-state index contributed by atoms with van der Waals surface area (Å²) in [4.78, 5) is 21.7. The van der Waals surface area contributed by atoms with Crippen molar-refractivity contribution in [2.24, 2.45) is 19.8 Å². The van der Waals surface area contributed by atoms with Crippen LogP contribution in [0.5, 0.6) is 0 Å². The third kappa shape index (κ3) is 3.51. The maximum absolute atomic E-state index is 13.2. The number of hydrogen-bond donors (Lipinski definition) is 1. The normalized spacial score (nSPS) is 13.2. The van der Waals surface area contributed by atoms with Crippen molar-refractivity contribution in [2.45, 2.75) is 5.54 Å². The van der Waals surface area contributed by atoms with Gasteiger partial charge in [-0.05, 0) is 29.3 Å². The van der Waals surface area contributed by atoms with E-state index in [4.69, 9.17) is 28.9 Å². The van der Waals surface area contributed by atoms with E-state index < -0.39 is 5.54 Å². The predicted octanol–water partition coefficient (Wildman–Crippen LogP) is 4.89. The lowest BCUT2D eigenvalue weighted by Gasteiger charge is -2.32. The molecule has 3 heterocycles. The molecular formula is C26H21Cl2N5O. The number of aromatic nitrogens is 4. The summed E-state index contributed by atoms with van der Waals surface area (Å²) >= 11 is 12.3. The highest BCUT2D eigenvalue weighted by molar-refractivity contribution is 6.31. The second-order valence-corrected chi connectivity index (χ2v) is 9.06. The molecule has 0 saturated carbocycles. The minimum absolute atomic E-state index is 0.156. The Morgan fingerprint density at radius 1 is 0.971 bits per heavy atom. The number of nitrogens with zero attached hydrogens (tertiary/aromatic N) is 4. The standard InChI is InChI=1S/C26H21Cl2N5O/c1-32-15-30-14-22(32)26(29,17-9-10-23(28)31-13-17)21-8-4-7-19-20(12-24(34)33(2)25(19)21)16-5-3-6-18(27)11-16/h3-15H,29H2,1-2H3. The van der Waals surface area contributed by atoms with Gasteiger partial charge in [-0.15, -0.1) is 0 Å². The van der Waals surface area contributed by atoms with Crippen molar-refractivity contribution < 1.29 is 0 Å². The highest BCUT2D eigenvalue weighted by Gasteiger charge is 2.37. The number of fused-ring (bicyclic) bond motifs is 1. The molecule has 0 aliphatic rings. The summed E-state index contributed by atoms with van der Waals surface area (Å²) in [5.41, 5.74) is 10.5. The molecule has 3 aromatic heterocycles. The van der Waals surface area contributed by atoms with E-state index in [1.807, 2.05) is 54.1 Å². The van der Waals surface area contributed by atoms with E-state index in [1.165, 1.54) is 0 Å². The zero-order valence-corrected chi connectivity index (χ0v) is 20.0. The van der Waals surface area contributed by atoms with Crippen LogP contribution in [0.3, 0.4) is 0 Å². The van der Waals surface area contributed by atoms with Crippen molar-refractivity contribution in [2.75, 3.05) is 0 Å². The van der Waals surface area contributed by atoms with Crippen LogP contribution in [0.15, 0.2) is 84.2 Å². The lowest BCUT2D eigenvalue weighted by molar-refractivity contribution is 0.595. The third-order valence-electron chi connectivity index (χ3n) is 6.22. The zero-order chi connectivity index (χ0) is 24.0. The van der Waals surface area contributed by atoms with Gasteiger partial charge in [-0.25, -0.2) is 9.97 Å². The van der Waals surface area contributed by atoms with Gasteiger partial charge in [-0.3, -0.25) is 4.79 Å². The topological polar surface area (TPSA) is 78.7 Å². The van der Waals surface area contributed by atoms with E-state index in [1.54, 1.807) is 48.5 Å². The molecule has 0 spiro atoms. The van der Waals surface area contributed by atoms with E-state index in [9.17, 15) is 4.79 Å². The third-order valence-corrected chi connectivity index (χ3v) is 6.68. The molecule has 5 rings (SSSR count). The molecule has 34 heavy (non-hydrogen) atoms. The summed E-state index contributed by atoms with van der Waals surface area (Å²) in [6, 6.07) is 18.5. The van der Waals surface area contributed by atoms with Crippen molar-refractivity contribution in [3.8, 4) is 11.1 Å². The van der Waals surface area contributed by atoms with Crippen LogP contribution in [0.4, 0.5) is 0 Å². The molecule has 6 nitrogen and oxygen atoms in total. The number of rotatable bonds is 4. The Bertz CT molecular complexity index is 1590. The number of para-hydroxylation sites is 1. The molecule has 2 N–H and O–H groups in total. The number of nitrogens with two attached hydrogens (primary N) is 1. The number of benzene rings is 2. The predicted molar refractivity (Wildman–Crippen MR) is 136 cm³/mol. The molecule has 0 bridgehead atoms. The Balaban J connectivity index is 1.91. The van der Waals surface area contributed by atoms with Gasteiger partial charge in [0, 0.05) is 47.9 Å². The first-order chi connectivity index (χ1) is 16.3. The van der Waals surface area contributed by atoms with Gasteiger partial charge in [-0.2, -0.15) is 0 Å². The van der Waals surface area contributed by atoms with Gasteiger partial charge >= 0.3 is 0 Å². The first-order valence-corrected chi connectivity index (χ1v) is 11.3. The molecule has 0 radical (unpaired) electrons. The van der Waals surface area contributed by atoms with Crippen molar-refractivity contribution in [3.05, 3.63) is 117 Å². The van der Waals surface area contributed by atoms with Gasteiger partial charge in [0.2, 0.25) is 0 Å². The molecule has 0 fully saturated rings. The Kier molecular flexibility index (Phi) is 5.52. The lowest BCUT2D eigenvalue weighted by atomic mass is 9.80. The van der Waals surface area contributed by atoms with Crippen LogP contribution in [0.2, 0.25) is 10.2 Å². The van der Waals surface area contributed by atoms with Crippen LogP contribution >= 0.6 is 23.2 Å². The number of halogens is 2. The Hall–Kier alpha value is -3.45. The maximum atomic E-state index is 13.2. The Labute approximate surface area is 206 Å². The molecule has 0 saturated heterocycles. The number of hydrogen-bond acceptors (Lipinski definition) is 4. The Morgan fingerprint density at radius 3 is 2.44 bits per heavy atom. The second kappa shape index (κ2) is 8.40. The largest absolute Gasteiger partial charge is 0.336 e. The van der Waals surface area contributed by atoms with Gasteiger partial charge in [-0.1, -0.05) is 59.6 Å². The molecule has 0 aliphatic carbocycles. The number of pyridine rings is 2. The average Bonchev–Trinajstić information content (AvgIpc) is 3.27. The van der Waals surface area contributed by atoms with Gasteiger partial charge in [0.1, 0.15) is 10.7 Å². The van der Waals surface area contributed by atoms with Crippen LogP contribution in [0.25, 0.3) is 22.0 Å². The van der Waals surface area contributed by atoms with Crippen LogP contribution < -0.4 is 11.3 Å². The fourth-order valence-electron chi connectivity index (χ4n) is 4.53. The van der Waals surface area contributed by atoms with Gasteiger partial charge in [0.05, 0.1) is 23.7 Å². The van der Waals surface area contributed by atoms with E-state index in [0.29, 0.717) is 21.3 Å². The van der Waals surface area contributed by atoms with Crippen LogP contribution in [0, 0.1) is 0 Å². The average molecular weight is 490 g/mol. The minimum atomic E-state index is -1.17. The van der Waals surface area contributed by atoms with Crippen molar-refractivity contribution in [1.29, 1.82) is 0 Å². The molecule has 1 atom stereocenters.